The van der Waals surface area contributed by atoms with Crippen molar-refractivity contribution in [2.24, 2.45) is 0 Å². The van der Waals surface area contributed by atoms with Gasteiger partial charge >= 0.3 is 5.69 Å². The SMILES string of the molecule is CN(Cc1ccccc1N1CCOCC1)c1ccc([N+](=O)[O-])c(C#N)n1. The van der Waals surface area contributed by atoms with Gasteiger partial charge in [0.25, 0.3) is 0 Å². The lowest BCUT2D eigenvalue weighted by molar-refractivity contribution is -0.385. The Bertz CT molecular complexity index is 843. The molecule has 0 unspecified atom stereocenters. The molecule has 1 fully saturated rings. The molecule has 0 saturated carbocycles. The summed E-state index contributed by atoms with van der Waals surface area (Å²) < 4.78 is 5.42. The fraction of sp³-hybridized carbons (Fsp3) is 0.333. The third kappa shape index (κ3) is 3.73. The molecule has 1 aromatic heterocycles. The van der Waals surface area contributed by atoms with Crippen molar-refractivity contribution in [3.8, 4) is 6.07 Å². The van der Waals surface area contributed by atoms with Crippen molar-refractivity contribution >= 4 is 17.2 Å². The quantitative estimate of drug-likeness (QED) is 0.601. The average molecular weight is 353 g/mol. The maximum absolute atomic E-state index is 11.0. The van der Waals surface area contributed by atoms with Gasteiger partial charge in [0, 0.05) is 38.4 Å². The molecule has 8 nitrogen and oxygen atoms in total. The molecule has 1 aliphatic heterocycles. The molecule has 8 heteroatoms. The molecule has 0 aliphatic carbocycles. The van der Waals surface area contributed by atoms with Crippen LogP contribution in [0.5, 0.6) is 0 Å². The van der Waals surface area contributed by atoms with E-state index in [0.29, 0.717) is 25.6 Å². The molecule has 134 valence electrons. The summed E-state index contributed by atoms with van der Waals surface area (Å²) >= 11 is 0. The highest BCUT2D eigenvalue weighted by atomic mass is 16.6. The summed E-state index contributed by atoms with van der Waals surface area (Å²) in [7, 11) is 1.85. The van der Waals surface area contributed by atoms with Gasteiger partial charge in [-0.05, 0) is 17.7 Å². The monoisotopic (exact) mass is 353 g/mol. The molecular weight excluding hydrogens is 334 g/mol. The fourth-order valence-corrected chi connectivity index (χ4v) is 2.98. The fourth-order valence-electron chi connectivity index (χ4n) is 2.98. The number of pyridine rings is 1. The first-order chi connectivity index (χ1) is 12.6. The molecule has 0 atom stereocenters. The summed E-state index contributed by atoms with van der Waals surface area (Å²) in [6, 6.07) is 12.8. The smallest absolute Gasteiger partial charge is 0.305 e. The Morgan fingerprint density at radius 2 is 2.04 bits per heavy atom. The Hall–Kier alpha value is -3.18. The van der Waals surface area contributed by atoms with E-state index in [1.807, 2.05) is 24.1 Å². The molecule has 0 spiro atoms. The summed E-state index contributed by atoms with van der Waals surface area (Å²) in [4.78, 5) is 18.7. The van der Waals surface area contributed by atoms with Crippen LogP contribution in [0.1, 0.15) is 11.3 Å². The number of rotatable bonds is 5. The van der Waals surface area contributed by atoms with Crippen LogP contribution in [-0.4, -0.2) is 43.3 Å². The van der Waals surface area contributed by atoms with E-state index >= 15 is 0 Å². The third-order valence-corrected chi connectivity index (χ3v) is 4.30. The topological polar surface area (TPSA) is 95.5 Å². The second-order valence-corrected chi connectivity index (χ2v) is 5.99. The van der Waals surface area contributed by atoms with Gasteiger partial charge in [0.05, 0.1) is 18.1 Å². The van der Waals surface area contributed by atoms with Gasteiger partial charge in [-0.25, -0.2) is 4.98 Å². The van der Waals surface area contributed by atoms with Crippen LogP contribution in [0.25, 0.3) is 0 Å². The molecular formula is C18H19N5O3. The lowest BCUT2D eigenvalue weighted by Gasteiger charge is -2.31. The number of para-hydroxylation sites is 1. The molecule has 1 aromatic carbocycles. The van der Waals surface area contributed by atoms with E-state index in [2.05, 4.69) is 22.0 Å². The standard InChI is InChI=1S/C18H19N5O3/c1-21(18-7-6-17(23(24)25)15(12-19)20-18)13-14-4-2-3-5-16(14)22-8-10-26-11-9-22/h2-7H,8-11,13H2,1H3. The normalized spacial score (nSPS) is 13.9. The molecule has 2 aromatic rings. The van der Waals surface area contributed by atoms with Crippen LogP contribution in [0, 0.1) is 21.4 Å². The van der Waals surface area contributed by atoms with Gasteiger partial charge < -0.3 is 14.5 Å². The zero-order valence-corrected chi connectivity index (χ0v) is 14.5. The Labute approximate surface area is 151 Å². The predicted octanol–water partition coefficient (Wildman–Crippen LogP) is 2.33. The average Bonchev–Trinajstić information content (AvgIpc) is 2.68. The molecule has 3 rings (SSSR count). The van der Waals surface area contributed by atoms with Crippen molar-refractivity contribution in [3.63, 3.8) is 0 Å². The first-order valence-corrected chi connectivity index (χ1v) is 8.27. The van der Waals surface area contributed by atoms with Gasteiger partial charge in [-0.2, -0.15) is 5.26 Å². The number of nitrogens with zero attached hydrogens (tertiary/aromatic N) is 5. The number of morpholine rings is 1. The van der Waals surface area contributed by atoms with Crippen LogP contribution in [-0.2, 0) is 11.3 Å². The first-order valence-electron chi connectivity index (χ1n) is 8.27. The van der Waals surface area contributed by atoms with Crippen molar-refractivity contribution in [2.75, 3.05) is 43.2 Å². The van der Waals surface area contributed by atoms with Gasteiger partial charge in [0.15, 0.2) is 0 Å². The highest BCUT2D eigenvalue weighted by Gasteiger charge is 2.19. The molecule has 0 bridgehead atoms. The van der Waals surface area contributed by atoms with Crippen molar-refractivity contribution in [1.82, 2.24) is 4.98 Å². The van der Waals surface area contributed by atoms with Gasteiger partial charge in [0.2, 0.25) is 5.69 Å². The van der Waals surface area contributed by atoms with Crippen LogP contribution in [0.3, 0.4) is 0 Å². The van der Waals surface area contributed by atoms with Crippen molar-refractivity contribution in [3.05, 3.63) is 57.8 Å². The van der Waals surface area contributed by atoms with Crippen molar-refractivity contribution in [1.29, 1.82) is 5.26 Å². The summed E-state index contributed by atoms with van der Waals surface area (Å²) in [5, 5.41) is 20.1. The predicted molar refractivity (Wildman–Crippen MR) is 97.2 cm³/mol. The summed E-state index contributed by atoms with van der Waals surface area (Å²) in [5.74, 6) is 0.518. The maximum Gasteiger partial charge on any atom is 0.305 e. The van der Waals surface area contributed by atoms with E-state index in [4.69, 9.17) is 10.00 Å². The number of ether oxygens (including phenoxy) is 1. The largest absolute Gasteiger partial charge is 0.378 e. The van der Waals surface area contributed by atoms with Crippen LogP contribution < -0.4 is 9.80 Å². The minimum atomic E-state index is -0.594. The first kappa shape index (κ1) is 17.6. The molecule has 0 amide bonds. The number of nitriles is 1. The number of aromatic nitrogens is 1. The zero-order chi connectivity index (χ0) is 18.5. The van der Waals surface area contributed by atoms with Gasteiger partial charge in [0.1, 0.15) is 11.9 Å². The summed E-state index contributed by atoms with van der Waals surface area (Å²) in [5.41, 5.74) is 1.81. The minimum Gasteiger partial charge on any atom is -0.378 e. The lowest BCUT2D eigenvalue weighted by Crippen LogP contribution is -2.37. The number of hydrogen-bond acceptors (Lipinski definition) is 7. The maximum atomic E-state index is 11.0. The van der Waals surface area contributed by atoms with Gasteiger partial charge in [-0.1, -0.05) is 18.2 Å². The molecule has 2 heterocycles. The summed E-state index contributed by atoms with van der Waals surface area (Å²) in [6.07, 6.45) is 0. The second kappa shape index (κ2) is 7.80. The molecule has 1 saturated heterocycles. The van der Waals surface area contributed by atoms with E-state index in [1.54, 1.807) is 12.1 Å². The van der Waals surface area contributed by atoms with E-state index in [1.165, 1.54) is 6.07 Å². The van der Waals surface area contributed by atoms with Crippen LogP contribution in [0.15, 0.2) is 36.4 Å². The van der Waals surface area contributed by atoms with Gasteiger partial charge in [-0.15, -0.1) is 0 Å². The molecule has 26 heavy (non-hydrogen) atoms. The highest BCUT2D eigenvalue weighted by Crippen LogP contribution is 2.25. The Morgan fingerprint density at radius 3 is 2.73 bits per heavy atom. The van der Waals surface area contributed by atoms with E-state index < -0.39 is 4.92 Å². The Balaban J connectivity index is 1.83. The van der Waals surface area contributed by atoms with Crippen molar-refractivity contribution in [2.45, 2.75) is 6.54 Å². The minimum absolute atomic E-state index is 0.180. The number of anilines is 2. The van der Waals surface area contributed by atoms with Crippen LogP contribution in [0.4, 0.5) is 17.2 Å². The highest BCUT2D eigenvalue weighted by molar-refractivity contribution is 5.57. The van der Waals surface area contributed by atoms with E-state index in [9.17, 15) is 10.1 Å². The molecule has 1 aliphatic rings. The Morgan fingerprint density at radius 1 is 1.31 bits per heavy atom. The van der Waals surface area contributed by atoms with E-state index in [-0.39, 0.29) is 11.4 Å². The lowest BCUT2D eigenvalue weighted by atomic mass is 10.1. The van der Waals surface area contributed by atoms with Crippen molar-refractivity contribution < 1.29 is 9.66 Å². The molecule has 0 radical (unpaired) electrons. The number of nitro groups is 1. The molecule has 0 N–H and O–H groups in total. The van der Waals surface area contributed by atoms with Crippen LogP contribution >= 0.6 is 0 Å². The zero-order valence-electron chi connectivity index (χ0n) is 14.5. The van der Waals surface area contributed by atoms with Crippen LogP contribution in [0.2, 0.25) is 0 Å². The third-order valence-electron chi connectivity index (χ3n) is 4.30. The number of benzene rings is 1. The van der Waals surface area contributed by atoms with E-state index in [0.717, 1.165) is 24.3 Å². The second-order valence-electron chi connectivity index (χ2n) is 5.99. The summed E-state index contributed by atoms with van der Waals surface area (Å²) in [6.45, 7) is 3.67. The van der Waals surface area contributed by atoms with Gasteiger partial charge in [-0.3, -0.25) is 10.1 Å². The Kier molecular flexibility index (Phi) is 5.29. The number of hydrogen-bond donors (Lipinski definition) is 0.